The van der Waals surface area contributed by atoms with Crippen LogP contribution >= 0.6 is 0 Å². The second-order valence-electron chi connectivity index (χ2n) is 6.26. The number of aromatic nitrogens is 2. The number of nitrogens with zero attached hydrogens (tertiary/aromatic N) is 3. The van der Waals surface area contributed by atoms with Crippen molar-refractivity contribution in [3.05, 3.63) is 54.1 Å². The zero-order chi connectivity index (χ0) is 16.4. The van der Waals surface area contributed by atoms with E-state index in [-0.39, 0.29) is 0 Å². The molecule has 1 saturated heterocycles. The zero-order valence-corrected chi connectivity index (χ0v) is 14.0. The number of benzene rings is 2. The highest BCUT2D eigenvalue weighted by Crippen LogP contribution is 2.28. The number of rotatable bonds is 4. The molecule has 1 aliphatic rings. The molecular formula is C20H22N4. The topological polar surface area (TPSA) is 41.1 Å². The molecule has 2 aromatic carbocycles. The van der Waals surface area contributed by atoms with E-state index < -0.39 is 0 Å². The lowest BCUT2D eigenvalue weighted by Gasteiger charge is -2.19. The van der Waals surface area contributed by atoms with Crippen molar-refractivity contribution >= 4 is 28.4 Å². The van der Waals surface area contributed by atoms with E-state index in [1.54, 1.807) is 0 Å². The second kappa shape index (κ2) is 6.48. The van der Waals surface area contributed by atoms with Gasteiger partial charge in [0.1, 0.15) is 5.82 Å². The molecular weight excluding hydrogens is 296 g/mol. The molecule has 24 heavy (non-hydrogen) atoms. The maximum atomic E-state index is 4.82. The molecule has 3 aromatic rings. The quantitative estimate of drug-likeness (QED) is 0.767. The molecule has 0 spiro atoms. The molecule has 0 aliphatic carbocycles. The third-order valence-electron chi connectivity index (χ3n) is 4.61. The van der Waals surface area contributed by atoms with Crippen molar-refractivity contribution in [3.8, 4) is 0 Å². The average molecular weight is 318 g/mol. The summed E-state index contributed by atoms with van der Waals surface area (Å²) in [6.07, 6.45) is 3.52. The summed E-state index contributed by atoms with van der Waals surface area (Å²) in [5, 5.41) is 4.49. The molecule has 0 amide bonds. The Morgan fingerprint density at radius 3 is 2.46 bits per heavy atom. The minimum Gasteiger partial charge on any atom is -0.356 e. The van der Waals surface area contributed by atoms with E-state index in [1.165, 1.54) is 18.4 Å². The molecule has 4 nitrogen and oxygen atoms in total. The minimum atomic E-state index is 0.667. The Morgan fingerprint density at radius 1 is 0.958 bits per heavy atom. The van der Waals surface area contributed by atoms with Crippen LogP contribution in [0.1, 0.15) is 25.3 Å². The van der Waals surface area contributed by atoms with Crippen LogP contribution in [0.5, 0.6) is 0 Å². The lowest BCUT2D eigenvalue weighted by Crippen LogP contribution is -2.20. The van der Waals surface area contributed by atoms with Crippen molar-refractivity contribution < 1.29 is 0 Å². The number of para-hydroxylation sites is 1. The predicted molar refractivity (Wildman–Crippen MR) is 100 cm³/mol. The first-order valence-electron chi connectivity index (χ1n) is 8.71. The first-order valence-corrected chi connectivity index (χ1v) is 8.71. The standard InChI is InChI=1S/C20H22N4/c1-2-15-9-11-16(12-10-15)21-20-22-18-8-4-3-7-17(18)19(23-20)24-13-5-6-14-24/h3-4,7-12H,2,5-6,13-14H2,1H3,(H,21,22,23). The third-order valence-corrected chi connectivity index (χ3v) is 4.61. The Labute approximate surface area is 142 Å². The van der Waals surface area contributed by atoms with Gasteiger partial charge in [-0.25, -0.2) is 4.98 Å². The predicted octanol–water partition coefficient (Wildman–Crippen LogP) is 4.54. The van der Waals surface area contributed by atoms with Crippen LogP contribution in [-0.4, -0.2) is 23.1 Å². The molecule has 0 atom stereocenters. The summed E-state index contributed by atoms with van der Waals surface area (Å²) >= 11 is 0. The van der Waals surface area contributed by atoms with Crippen molar-refractivity contribution in [3.63, 3.8) is 0 Å². The van der Waals surface area contributed by atoms with Crippen molar-refractivity contribution in [2.75, 3.05) is 23.3 Å². The highest BCUT2D eigenvalue weighted by molar-refractivity contribution is 5.90. The lowest BCUT2D eigenvalue weighted by atomic mass is 10.1. The van der Waals surface area contributed by atoms with Gasteiger partial charge in [0.15, 0.2) is 0 Å². The Balaban J connectivity index is 1.72. The Morgan fingerprint density at radius 2 is 1.71 bits per heavy atom. The number of nitrogens with one attached hydrogen (secondary N) is 1. The summed E-state index contributed by atoms with van der Waals surface area (Å²) in [7, 11) is 0. The summed E-state index contributed by atoms with van der Waals surface area (Å²) in [5.74, 6) is 1.71. The van der Waals surface area contributed by atoms with Gasteiger partial charge in [-0.15, -0.1) is 0 Å². The minimum absolute atomic E-state index is 0.667. The van der Waals surface area contributed by atoms with Gasteiger partial charge in [-0.3, -0.25) is 0 Å². The van der Waals surface area contributed by atoms with Gasteiger partial charge in [0.05, 0.1) is 5.52 Å². The van der Waals surface area contributed by atoms with Crippen LogP contribution in [0.4, 0.5) is 17.5 Å². The molecule has 1 fully saturated rings. The normalized spacial score (nSPS) is 14.3. The SMILES string of the molecule is CCc1ccc(Nc2nc(N3CCCC3)c3ccccc3n2)cc1. The third kappa shape index (κ3) is 2.92. The Hall–Kier alpha value is -2.62. The fraction of sp³-hybridized carbons (Fsp3) is 0.300. The summed E-state index contributed by atoms with van der Waals surface area (Å²) in [6, 6.07) is 16.7. The van der Waals surface area contributed by atoms with Crippen molar-refractivity contribution in [1.29, 1.82) is 0 Å². The van der Waals surface area contributed by atoms with E-state index in [0.29, 0.717) is 5.95 Å². The van der Waals surface area contributed by atoms with Gasteiger partial charge in [-0.1, -0.05) is 31.2 Å². The molecule has 0 bridgehead atoms. The van der Waals surface area contributed by atoms with Gasteiger partial charge in [-0.05, 0) is 49.1 Å². The van der Waals surface area contributed by atoms with E-state index in [4.69, 9.17) is 9.97 Å². The first kappa shape index (κ1) is 14.9. The number of hydrogen-bond acceptors (Lipinski definition) is 4. The monoisotopic (exact) mass is 318 g/mol. The van der Waals surface area contributed by atoms with Gasteiger partial charge in [0.25, 0.3) is 0 Å². The number of hydrogen-bond donors (Lipinski definition) is 1. The maximum absolute atomic E-state index is 4.82. The molecule has 0 radical (unpaired) electrons. The molecule has 122 valence electrons. The maximum Gasteiger partial charge on any atom is 0.229 e. The first-order chi connectivity index (χ1) is 11.8. The van der Waals surface area contributed by atoms with Crippen molar-refractivity contribution in [2.45, 2.75) is 26.2 Å². The summed E-state index contributed by atoms with van der Waals surface area (Å²) in [5.41, 5.74) is 3.34. The highest BCUT2D eigenvalue weighted by Gasteiger charge is 2.18. The van der Waals surface area contributed by atoms with E-state index >= 15 is 0 Å². The highest BCUT2D eigenvalue weighted by atomic mass is 15.2. The van der Waals surface area contributed by atoms with Crippen LogP contribution in [0.15, 0.2) is 48.5 Å². The molecule has 1 aliphatic heterocycles. The van der Waals surface area contributed by atoms with E-state index in [0.717, 1.165) is 41.9 Å². The summed E-state index contributed by atoms with van der Waals surface area (Å²) in [4.78, 5) is 11.9. The molecule has 1 aromatic heterocycles. The number of aryl methyl sites for hydroxylation is 1. The molecule has 4 heteroatoms. The molecule has 0 unspecified atom stereocenters. The van der Waals surface area contributed by atoms with Crippen LogP contribution in [-0.2, 0) is 6.42 Å². The van der Waals surface area contributed by atoms with Gasteiger partial charge in [0.2, 0.25) is 5.95 Å². The van der Waals surface area contributed by atoms with E-state index in [9.17, 15) is 0 Å². The van der Waals surface area contributed by atoms with E-state index in [1.807, 2.05) is 6.07 Å². The summed E-state index contributed by atoms with van der Waals surface area (Å²) in [6.45, 7) is 4.31. The van der Waals surface area contributed by atoms with Gasteiger partial charge < -0.3 is 10.2 Å². The summed E-state index contributed by atoms with van der Waals surface area (Å²) < 4.78 is 0. The molecule has 4 rings (SSSR count). The lowest BCUT2D eigenvalue weighted by molar-refractivity contribution is 0.941. The largest absolute Gasteiger partial charge is 0.356 e. The second-order valence-corrected chi connectivity index (χ2v) is 6.26. The van der Waals surface area contributed by atoms with Gasteiger partial charge >= 0.3 is 0 Å². The molecule has 2 heterocycles. The number of fused-ring (bicyclic) bond motifs is 1. The smallest absolute Gasteiger partial charge is 0.229 e. The zero-order valence-electron chi connectivity index (χ0n) is 14.0. The fourth-order valence-electron chi connectivity index (χ4n) is 3.24. The van der Waals surface area contributed by atoms with E-state index in [2.05, 4.69) is 59.6 Å². The van der Waals surface area contributed by atoms with Crippen molar-refractivity contribution in [2.24, 2.45) is 0 Å². The molecule has 1 N–H and O–H groups in total. The average Bonchev–Trinajstić information content (AvgIpc) is 3.16. The Kier molecular flexibility index (Phi) is 4.03. The van der Waals surface area contributed by atoms with Crippen molar-refractivity contribution in [1.82, 2.24) is 9.97 Å². The van der Waals surface area contributed by atoms with Crippen LogP contribution in [0, 0.1) is 0 Å². The van der Waals surface area contributed by atoms with Crippen LogP contribution in [0.2, 0.25) is 0 Å². The van der Waals surface area contributed by atoms with Gasteiger partial charge in [-0.2, -0.15) is 4.98 Å². The van der Waals surface area contributed by atoms with Crippen LogP contribution in [0.3, 0.4) is 0 Å². The number of anilines is 3. The van der Waals surface area contributed by atoms with Crippen LogP contribution < -0.4 is 10.2 Å². The van der Waals surface area contributed by atoms with Crippen LogP contribution in [0.25, 0.3) is 10.9 Å². The molecule has 0 saturated carbocycles. The van der Waals surface area contributed by atoms with Gasteiger partial charge in [0, 0.05) is 24.2 Å². The fourth-order valence-corrected chi connectivity index (χ4v) is 3.24. The Bertz CT molecular complexity index is 836.